The van der Waals surface area contributed by atoms with Crippen molar-refractivity contribution in [2.45, 2.75) is 70.3 Å². The number of nitrogens with one attached hydrogen (secondary N) is 3. The third-order valence-electron chi connectivity index (χ3n) is 5.31. The van der Waals surface area contributed by atoms with Gasteiger partial charge in [0.25, 0.3) is 11.8 Å². The molecule has 0 spiro atoms. The van der Waals surface area contributed by atoms with E-state index in [2.05, 4.69) is 16.0 Å². The van der Waals surface area contributed by atoms with E-state index in [0.717, 1.165) is 57.8 Å². The molecule has 5 N–H and O–H groups in total. The molecule has 0 radical (unpaired) electrons. The molecule has 8 nitrogen and oxygen atoms in total. The van der Waals surface area contributed by atoms with Crippen LogP contribution in [-0.2, 0) is 14.4 Å². The van der Waals surface area contributed by atoms with Crippen LogP contribution in [0, 0.1) is 5.92 Å². The molecule has 2 fully saturated rings. The third kappa shape index (κ3) is 7.11. The Bertz CT molecular complexity index is 564. The van der Waals surface area contributed by atoms with E-state index in [4.69, 9.17) is 5.11 Å². The number of carbonyl (C=O) groups is 3. The van der Waals surface area contributed by atoms with Gasteiger partial charge in [-0.25, -0.2) is 0 Å². The second kappa shape index (κ2) is 10.8. The van der Waals surface area contributed by atoms with Crippen LogP contribution >= 0.6 is 0 Å². The summed E-state index contributed by atoms with van der Waals surface area (Å²) in [6.45, 7) is -0.132. The van der Waals surface area contributed by atoms with Gasteiger partial charge in [-0.05, 0) is 31.6 Å². The average molecular weight is 381 g/mol. The van der Waals surface area contributed by atoms with Crippen LogP contribution in [0.3, 0.4) is 0 Å². The molecular formula is C19H31N3O5. The van der Waals surface area contributed by atoms with Gasteiger partial charge in [-0.2, -0.15) is 0 Å². The lowest BCUT2D eigenvalue weighted by atomic mass is 9.89. The lowest BCUT2D eigenvalue weighted by Gasteiger charge is -2.24. The van der Waals surface area contributed by atoms with Gasteiger partial charge in [-0.1, -0.05) is 38.5 Å². The van der Waals surface area contributed by atoms with Gasteiger partial charge in [-0.15, -0.1) is 0 Å². The fourth-order valence-corrected chi connectivity index (χ4v) is 3.79. The molecule has 0 saturated heterocycles. The largest absolute Gasteiger partial charge is 0.494 e. The van der Waals surface area contributed by atoms with E-state index in [1.165, 1.54) is 6.42 Å². The van der Waals surface area contributed by atoms with Gasteiger partial charge < -0.3 is 26.2 Å². The minimum atomic E-state index is -1.20. The highest BCUT2D eigenvalue weighted by Gasteiger charge is 2.27. The molecule has 2 amide bonds. The molecule has 0 heterocycles. The van der Waals surface area contributed by atoms with Gasteiger partial charge in [0.1, 0.15) is 6.54 Å². The van der Waals surface area contributed by atoms with E-state index in [0.29, 0.717) is 12.5 Å². The first-order valence-corrected chi connectivity index (χ1v) is 9.95. The number of carbonyl (C=O) groups excluding carboxylic acids is 2. The molecule has 8 heteroatoms. The molecule has 0 atom stereocenters. The fraction of sp³-hybridized carbons (Fsp3) is 0.737. The van der Waals surface area contributed by atoms with Crippen molar-refractivity contribution in [3.8, 4) is 0 Å². The summed E-state index contributed by atoms with van der Waals surface area (Å²) >= 11 is 0. The molecule has 27 heavy (non-hydrogen) atoms. The van der Waals surface area contributed by atoms with Crippen LogP contribution in [-0.4, -0.2) is 47.1 Å². The highest BCUT2D eigenvalue weighted by molar-refractivity contribution is 6.18. The molecule has 0 bridgehead atoms. The SMILES string of the molecule is O=C(O)CNC(O)=C(C(=O)NCC1CCCCC1)C(=O)NC1CCCCC1. The molecule has 2 aliphatic carbocycles. The summed E-state index contributed by atoms with van der Waals surface area (Å²) in [6, 6.07) is -0.0281. The Morgan fingerprint density at radius 3 is 1.96 bits per heavy atom. The van der Waals surface area contributed by atoms with Crippen molar-refractivity contribution in [2.24, 2.45) is 5.92 Å². The topological polar surface area (TPSA) is 128 Å². The Hall–Kier alpha value is -2.25. The van der Waals surface area contributed by atoms with Gasteiger partial charge in [0, 0.05) is 12.6 Å². The monoisotopic (exact) mass is 381 g/mol. The predicted octanol–water partition coefficient (Wildman–Crippen LogP) is 1.58. The Labute approximate surface area is 159 Å². The number of amides is 2. The van der Waals surface area contributed by atoms with Crippen molar-refractivity contribution >= 4 is 17.8 Å². The maximum Gasteiger partial charge on any atom is 0.322 e. The zero-order chi connectivity index (χ0) is 19.6. The zero-order valence-corrected chi connectivity index (χ0v) is 15.8. The molecule has 0 unspecified atom stereocenters. The lowest BCUT2D eigenvalue weighted by Crippen LogP contribution is -2.43. The van der Waals surface area contributed by atoms with Crippen molar-refractivity contribution in [3.63, 3.8) is 0 Å². The van der Waals surface area contributed by atoms with Gasteiger partial charge >= 0.3 is 5.97 Å². The Morgan fingerprint density at radius 1 is 0.778 bits per heavy atom. The molecule has 2 saturated carbocycles. The van der Waals surface area contributed by atoms with E-state index in [1.54, 1.807) is 0 Å². The van der Waals surface area contributed by atoms with Crippen molar-refractivity contribution in [2.75, 3.05) is 13.1 Å². The fourth-order valence-electron chi connectivity index (χ4n) is 3.79. The van der Waals surface area contributed by atoms with Gasteiger partial charge in [0.15, 0.2) is 5.57 Å². The van der Waals surface area contributed by atoms with E-state index in [-0.39, 0.29) is 6.04 Å². The van der Waals surface area contributed by atoms with Crippen LogP contribution in [0.1, 0.15) is 64.2 Å². The second-order valence-electron chi connectivity index (χ2n) is 7.49. The van der Waals surface area contributed by atoms with Crippen LogP contribution < -0.4 is 16.0 Å². The second-order valence-corrected chi connectivity index (χ2v) is 7.49. The van der Waals surface area contributed by atoms with Crippen LogP contribution in [0.25, 0.3) is 0 Å². The molecule has 2 rings (SSSR count). The number of aliphatic carboxylic acids is 1. The minimum absolute atomic E-state index is 0.0281. The molecule has 0 aromatic rings. The zero-order valence-electron chi connectivity index (χ0n) is 15.8. The van der Waals surface area contributed by atoms with Crippen LogP contribution in [0.5, 0.6) is 0 Å². The first-order valence-electron chi connectivity index (χ1n) is 9.95. The maximum absolute atomic E-state index is 12.6. The highest BCUT2D eigenvalue weighted by Crippen LogP contribution is 2.23. The number of aliphatic hydroxyl groups is 1. The number of aliphatic hydroxyl groups excluding tert-OH is 1. The summed E-state index contributed by atoms with van der Waals surface area (Å²) in [6.07, 6.45) is 10.4. The minimum Gasteiger partial charge on any atom is -0.494 e. The summed E-state index contributed by atoms with van der Waals surface area (Å²) in [5, 5.41) is 26.7. The number of hydrogen-bond acceptors (Lipinski definition) is 5. The van der Waals surface area contributed by atoms with Gasteiger partial charge in [-0.3, -0.25) is 14.4 Å². The standard InChI is InChI=1S/C19H31N3O5/c23-15(24)12-21-18(26)16(19(27)22-14-9-5-2-6-10-14)17(25)20-11-13-7-3-1-4-8-13/h13-14,21,26H,1-12H2,(H,20,25)(H,22,27)(H,23,24). The Balaban J connectivity index is 2.02. The summed E-state index contributed by atoms with van der Waals surface area (Å²) in [5.74, 6) is -2.87. The molecule has 0 aromatic heterocycles. The summed E-state index contributed by atoms with van der Waals surface area (Å²) < 4.78 is 0. The molecule has 0 aliphatic heterocycles. The molecule has 152 valence electrons. The van der Waals surface area contributed by atoms with Crippen LogP contribution in [0.15, 0.2) is 11.5 Å². The molecular weight excluding hydrogens is 350 g/mol. The average Bonchev–Trinajstić information content (AvgIpc) is 2.66. The lowest BCUT2D eigenvalue weighted by molar-refractivity contribution is -0.136. The summed E-state index contributed by atoms with van der Waals surface area (Å²) in [7, 11) is 0. The number of carboxylic acid groups (broad SMARTS) is 1. The summed E-state index contributed by atoms with van der Waals surface area (Å²) in [4.78, 5) is 35.9. The van der Waals surface area contributed by atoms with Crippen molar-refractivity contribution in [3.05, 3.63) is 11.5 Å². The first kappa shape index (κ1) is 21.1. The van der Waals surface area contributed by atoms with Gasteiger partial charge in [0.05, 0.1) is 0 Å². The Morgan fingerprint density at radius 2 is 1.37 bits per heavy atom. The maximum atomic E-state index is 12.6. The quantitative estimate of drug-likeness (QED) is 0.188. The van der Waals surface area contributed by atoms with E-state index in [1.807, 2.05) is 0 Å². The highest BCUT2D eigenvalue weighted by atomic mass is 16.4. The smallest absolute Gasteiger partial charge is 0.322 e. The summed E-state index contributed by atoms with van der Waals surface area (Å²) in [5.41, 5.74) is -0.447. The number of hydrogen-bond donors (Lipinski definition) is 5. The molecule has 0 aromatic carbocycles. The van der Waals surface area contributed by atoms with E-state index >= 15 is 0 Å². The number of carboxylic acids is 1. The number of rotatable bonds is 8. The Kier molecular flexibility index (Phi) is 8.42. The predicted molar refractivity (Wildman–Crippen MR) is 99.9 cm³/mol. The van der Waals surface area contributed by atoms with Crippen molar-refractivity contribution in [1.29, 1.82) is 0 Å². The third-order valence-corrected chi connectivity index (χ3v) is 5.31. The van der Waals surface area contributed by atoms with Gasteiger partial charge in [0.2, 0.25) is 5.88 Å². The van der Waals surface area contributed by atoms with Crippen molar-refractivity contribution < 1.29 is 24.6 Å². The molecule has 2 aliphatic rings. The van der Waals surface area contributed by atoms with Crippen molar-refractivity contribution in [1.82, 2.24) is 16.0 Å². The first-order chi connectivity index (χ1) is 13.0. The normalized spacial score (nSPS) is 19.7. The van der Waals surface area contributed by atoms with Crippen LogP contribution in [0.4, 0.5) is 0 Å². The van der Waals surface area contributed by atoms with E-state index in [9.17, 15) is 19.5 Å². The van der Waals surface area contributed by atoms with Crippen LogP contribution in [0.2, 0.25) is 0 Å². The van der Waals surface area contributed by atoms with E-state index < -0.39 is 35.8 Å².